The maximum atomic E-state index is 11.5. The zero-order valence-corrected chi connectivity index (χ0v) is 9.25. The first-order valence-corrected chi connectivity index (χ1v) is 5.38. The summed E-state index contributed by atoms with van der Waals surface area (Å²) in [6.07, 6.45) is 0.993. The second-order valence-electron chi connectivity index (χ2n) is 3.19. The fourth-order valence-corrected chi connectivity index (χ4v) is 2.03. The maximum Gasteiger partial charge on any atom is 0.321 e. The molecule has 0 saturated carbocycles. The number of benzene rings is 1. The van der Waals surface area contributed by atoms with Gasteiger partial charge in [-0.2, -0.15) is 0 Å². The standard InChI is InChI=1S/C10H11BrN2O/c11-8-4-1-2-5-9(8)13-7-3-6-12-10(13)14/h1-2,4-5H,3,6-7H2,(H,12,14). The number of urea groups is 1. The van der Waals surface area contributed by atoms with Gasteiger partial charge < -0.3 is 5.32 Å². The van der Waals surface area contributed by atoms with Crippen LogP contribution in [0.15, 0.2) is 28.7 Å². The van der Waals surface area contributed by atoms with E-state index in [1.165, 1.54) is 0 Å². The summed E-state index contributed by atoms with van der Waals surface area (Å²) in [6, 6.07) is 7.74. The second-order valence-corrected chi connectivity index (χ2v) is 4.04. The molecule has 0 aromatic heterocycles. The number of amides is 2. The molecule has 0 radical (unpaired) electrons. The van der Waals surface area contributed by atoms with E-state index in [4.69, 9.17) is 0 Å². The van der Waals surface area contributed by atoms with E-state index in [1.807, 2.05) is 24.3 Å². The molecule has 0 unspecified atom stereocenters. The molecule has 1 aromatic carbocycles. The number of nitrogens with zero attached hydrogens (tertiary/aromatic N) is 1. The van der Waals surface area contributed by atoms with Crippen LogP contribution in [0.25, 0.3) is 0 Å². The molecule has 0 bridgehead atoms. The lowest BCUT2D eigenvalue weighted by Crippen LogP contribution is -2.46. The summed E-state index contributed by atoms with van der Waals surface area (Å²) in [5.41, 5.74) is 0.935. The van der Waals surface area contributed by atoms with Crippen LogP contribution in [0.2, 0.25) is 0 Å². The van der Waals surface area contributed by atoms with E-state index in [2.05, 4.69) is 21.2 Å². The zero-order valence-electron chi connectivity index (χ0n) is 7.66. The van der Waals surface area contributed by atoms with E-state index < -0.39 is 0 Å². The normalized spacial score (nSPS) is 16.6. The number of hydrogen-bond donors (Lipinski definition) is 1. The molecule has 0 spiro atoms. The number of hydrogen-bond acceptors (Lipinski definition) is 1. The fraction of sp³-hybridized carbons (Fsp3) is 0.300. The van der Waals surface area contributed by atoms with Gasteiger partial charge in [-0.25, -0.2) is 4.79 Å². The Morgan fingerprint density at radius 2 is 2.14 bits per heavy atom. The Bertz CT molecular complexity index is 354. The van der Waals surface area contributed by atoms with Crippen molar-refractivity contribution in [3.8, 4) is 0 Å². The number of nitrogens with one attached hydrogen (secondary N) is 1. The highest BCUT2D eigenvalue weighted by atomic mass is 79.9. The molecule has 1 N–H and O–H groups in total. The van der Waals surface area contributed by atoms with Crippen LogP contribution in [0.5, 0.6) is 0 Å². The van der Waals surface area contributed by atoms with Gasteiger partial charge in [-0.1, -0.05) is 12.1 Å². The third-order valence-electron chi connectivity index (χ3n) is 2.22. The molecule has 0 atom stereocenters. The zero-order chi connectivity index (χ0) is 9.97. The van der Waals surface area contributed by atoms with Crippen LogP contribution in [-0.4, -0.2) is 19.1 Å². The van der Waals surface area contributed by atoms with Gasteiger partial charge in [0.1, 0.15) is 0 Å². The van der Waals surface area contributed by atoms with Crippen LogP contribution in [0.4, 0.5) is 10.5 Å². The van der Waals surface area contributed by atoms with Gasteiger partial charge in [0.15, 0.2) is 0 Å². The topological polar surface area (TPSA) is 32.3 Å². The Morgan fingerprint density at radius 1 is 1.36 bits per heavy atom. The van der Waals surface area contributed by atoms with Crippen LogP contribution >= 0.6 is 15.9 Å². The SMILES string of the molecule is O=C1NCCCN1c1ccccc1Br. The maximum absolute atomic E-state index is 11.5. The summed E-state index contributed by atoms with van der Waals surface area (Å²) in [7, 11) is 0. The average molecular weight is 255 g/mol. The fourth-order valence-electron chi connectivity index (χ4n) is 1.53. The molecule has 1 aliphatic heterocycles. The number of rotatable bonds is 1. The highest BCUT2D eigenvalue weighted by Gasteiger charge is 2.20. The van der Waals surface area contributed by atoms with E-state index in [-0.39, 0.29) is 6.03 Å². The summed E-state index contributed by atoms with van der Waals surface area (Å²) in [5.74, 6) is 0. The number of carbonyl (C=O) groups is 1. The predicted octanol–water partition coefficient (Wildman–Crippen LogP) is 2.37. The number of halogens is 1. The van der Waals surface area contributed by atoms with Gasteiger partial charge in [-0.15, -0.1) is 0 Å². The van der Waals surface area contributed by atoms with Crippen molar-refractivity contribution in [2.75, 3.05) is 18.0 Å². The van der Waals surface area contributed by atoms with E-state index in [0.29, 0.717) is 0 Å². The van der Waals surface area contributed by atoms with Crippen molar-refractivity contribution >= 4 is 27.6 Å². The van der Waals surface area contributed by atoms with Crippen molar-refractivity contribution in [2.24, 2.45) is 0 Å². The van der Waals surface area contributed by atoms with Gasteiger partial charge in [-0.3, -0.25) is 4.90 Å². The number of carbonyl (C=O) groups excluding carboxylic acids is 1. The molecule has 2 rings (SSSR count). The average Bonchev–Trinajstić information content (AvgIpc) is 2.20. The lowest BCUT2D eigenvalue weighted by atomic mass is 10.2. The molecule has 0 aliphatic carbocycles. The lowest BCUT2D eigenvalue weighted by Gasteiger charge is -2.28. The minimum Gasteiger partial charge on any atom is -0.338 e. The number of para-hydroxylation sites is 1. The molecule has 14 heavy (non-hydrogen) atoms. The van der Waals surface area contributed by atoms with Crippen molar-refractivity contribution in [1.29, 1.82) is 0 Å². The van der Waals surface area contributed by atoms with Gasteiger partial charge in [0.05, 0.1) is 5.69 Å². The van der Waals surface area contributed by atoms with Crippen molar-refractivity contribution in [3.63, 3.8) is 0 Å². The van der Waals surface area contributed by atoms with E-state index in [1.54, 1.807) is 4.90 Å². The highest BCUT2D eigenvalue weighted by Crippen LogP contribution is 2.26. The van der Waals surface area contributed by atoms with Crippen LogP contribution in [0.1, 0.15) is 6.42 Å². The Labute approximate surface area is 91.2 Å². The lowest BCUT2D eigenvalue weighted by molar-refractivity contribution is 0.243. The Hall–Kier alpha value is -1.03. The number of anilines is 1. The van der Waals surface area contributed by atoms with E-state index >= 15 is 0 Å². The molecule has 1 saturated heterocycles. The van der Waals surface area contributed by atoms with Gasteiger partial charge in [-0.05, 0) is 34.5 Å². The molecule has 2 amide bonds. The second kappa shape index (κ2) is 4.00. The largest absolute Gasteiger partial charge is 0.338 e. The molecule has 1 heterocycles. The summed E-state index contributed by atoms with van der Waals surface area (Å²) in [4.78, 5) is 13.3. The Kier molecular flexibility index (Phi) is 2.72. The first-order chi connectivity index (χ1) is 6.79. The summed E-state index contributed by atoms with van der Waals surface area (Å²) >= 11 is 3.44. The van der Waals surface area contributed by atoms with Gasteiger partial charge in [0.25, 0.3) is 0 Å². The predicted molar refractivity (Wildman–Crippen MR) is 59.5 cm³/mol. The van der Waals surface area contributed by atoms with Crippen LogP contribution < -0.4 is 10.2 Å². The molecular formula is C10H11BrN2O. The van der Waals surface area contributed by atoms with E-state index in [0.717, 1.165) is 29.7 Å². The first kappa shape index (κ1) is 9.52. The third kappa shape index (κ3) is 1.75. The van der Waals surface area contributed by atoms with Gasteiger partial charge in [0.2, 0.25) is 0 Å². The van der Waals surface area contributed by atoms with Crippen molar-refractivity contribution < 1.29 is 4.79 Å². The minimum absolute atomic E-state index is 0.0110. The summed E-state index contributed by atoms with van der Waals surface area (Å²) in [5, 5.41) is 2.82. The monoisotopic (exact) mass is 254 g/mol. The van der Waals surface area contributed by atoms with Crippen LogP contribution in [0, 0.1) is 0 Å². The smallest absolute Gasteiger partial charge is 0.321 e. The molecule has 1 aromatic rings. The summed E-state index contributed by atoms with van der Waals surface area (Å²) < 4.78 is 0.956. The molecule has 4 heteroatoms. The Morgan fingerprint density at radius 3 is 2.86 bits per heavy atom. The minimum atomic E-state index is -0.0110. The third-order valence-corrected chi connectivity index (χ3v) is 2.89. The van der Waals surface area contributed by atoms with Crippen molar-refractivity contribution in [3.05, 3.63) is 28.7 Å². The highest BCUT2D eigenvalue weighted by molar-refractivity contribution is 9.10. The van der Waals surface area contributed by atoms with Crippen LogP contribution in [-0.2, 0) is 0 Å². The van der Waals surface area contributed by atoms with Crippen molar-refractivity contribution in [1.82, 2.24) is 5.32 Å². The van der Waals surface area contributed by atoms with Crippen LogP contribution in [0.3, 0.4) is 0 Å². The molecule has 1 fully saturated rings. The summed E-state index contributed by atoms with van der Waals surface area (Å²) in [6.45, 7) is 1.56. The first-order valence-electron chi connectivity index (χ1n) is 4.59. The molecular weight excluding hydrogens is 244 g/mol. The molecule has 74 valence electrons. The van der Waals surface area contributed by atoms with Gasteiger partial charge in [0, 0.05) is 17.6 Å². The van der Waals surface area contributed by atoms with Gasteiger partial charge >= 0.3 is 6.03 Å². The van der Waals surface area contributed by atoms with Crippen molar-refractivity contribution in [2.45, 2.75) is 6.42 Å². The quantitative estimate of drug-likeness (QED) is 0.820. The molecule has 3 nitrogen and oxygen atoms in total. The Balaban J connectivity index is 2.29. The van der Waals surface area contributed by atoms with E-state index in [9.17, 15) is 4.79 Å². The molecule has 1 aliphatic rings.